The fourth-order valence-electron chi connectivity index (χ4n) is 2.60. The highest BCUT2D eigenvalue weighted by Crippen LogP contribution is 2.12. The number of nitrogens with zero attached hydrogens (tertiary/aromatic N) is 1. The fraction of sp³-hybridized carbons (Fsp3) is 0.529. The Bertz CT molecular complexity index is 541. The van der Waals surface area contributed by atoms with Gasteiger partial charge in [-0.15, -0.1) is 0 Å². The van der Waals surface area contributed by atoms with Gasteiger partial charge >= 0.3 is 0 Å². The Balaban J connectivity index is 1.87. The first-order chi connectivity index (χ1) is 11.6. The Kier molecular flexibility index (Phi) is 7.39. The van der Waals surface area contributed by atoms with Crippen molar-refractivity contribution >= 4 is 23.6 Å². The zero-order valence-corrected chi connectivity index (χ0v) is 14.8. The molecule has 1 fully saturated rings. The van der Waals surface area contributed by atoms with Gasteiger partial charge in [0.05, 0.1) is 0 Å². The second-order valence-corrected chi connectivity index (χ2v) is 6.82. The van der Waals surface area contributed by atoms with Crippen LogP contribution in [0, 0.1) is 0 Å². The van der Waals surface area contributed by atoms with Crippen LogP contribution in [0.3, 0.4) is 0 Å². The van der Waals surface area contributed by atoms with Gasteiger partial charge < -0.3 is 20.7 Å². The summed E-state index contributed by atoms with van der Waals surface area (Å²) < 4.78 is 5.43. The molecule has 0 bridgehead atoms. The summed E-state index contributed by atoms with van der Waals surface area (Å²) in [6, 6.07) is 8.65. The summed E-state index contributed by atoms with van der Waals surface area (Å²) in [5, 5.41) is 2.80. The van der Waals surface area contributed by atoms with Crippen molar-refractivity contribution in [2.75, 3.05) is 31.7 Å². The first-order valence-electron chi connectivity index (χ1n) is 8.10. The van der Waals surface area contributed by atoms with Crippen molar-refractivity contribution in [3.05, 3.63) is 30.3 Å². The number of para-hydroxylation sites is 1. The molecule has 1 aromatic carbocycles. The lowest BCUT2D eigenvalue weighted by atomic mass is 10.2. The molecule has 2 rings (SSSR count). The Morgan fingerprint density at radius 1 is 1.42 bits per heavy atom. The molecule has 1 unspecified atom stereocenters. The van der Waals surface area contributed by atoms with Crippen LogP contribution in [0.4, 0.5) is 0 Å². The zero-order valence-electron chi connectivity index (χ0n) is 13.9. The SMILES string of the molecule is CSCCC(NC(=O)COc1ccccc1)C(=O)N1CC[C@@H](N)C1. The molecule has 2 atom stereocenters. The largest absolute Gasteiger partial charge is 0.484 e. The van der Waals surface area contributed by atoms with Crippen LogP contribution in [-0.4, -0.2) is 60.5 Å². The van der Waals surface area contributed by atoms with Gasteiger partial charge in [0, 0.05) is 19.1 Å². The lowest BCUT2D eigenvalue weighted by Gasteiger charge is -2.24. The van der Waals surface area contributed by atoms with Crippen molar-refractivity contribution in [2.45, 2.75) is 24.9 Å². The van der Waals surface area contributed by atoms with E-state index in [1.165, 1.54) is 0 Å². The second kappa shape index (κ2) is 9.54. The van der Waals surface area contributed by atoms with Crippen LogP contribution in [0.25, 0.3) is 0 Å². The van der Waals surface area contributed by atoms with Crippen molar-refractivity contribution in [3.63, 3.8) is 0 Å². The van der Waals surface area contributed by atoms with E-state index in [4.69, 9.17) is 10.5 Å². The van der Waals surface area contributed by atoms with Crippen molar-refractivity contribution in [2.24, 2.45) is 5.73 Å². The van der Waals surface area contributed by atoms with E-state index in [0.29, 0.717) is 25.3 Å². The predicted molar refractivity (Wildman–Crippen MR) is 96.0 cm³/mol. The number of hydrogen-bond acceptors (Lipinski definition) is 5. The highest BCUT2D eigenvalue weighted by atomic mass is 32.2. The average Bonchev–Trinajstić information content (AvgIpc) is 3.03. The number of carbonyl (C=O) groups is 2. The second-order valence-electron chi connectivity index (χ2n) is 5.84. The van der Waals surface area contributed by atoms with E-state index in [0.717, 1.165) is 12.2 Å². The summed E-state index contributed by atoms with van der Waals surface area (Å²) in [5.74, 6) is 1.09. The van der Waals surface area contributed by atoms with Crippen molar-refractivity contribution in [1.82, 2.24) is 10.2 Å². The summed E-state index contributed by atoms with van der Waals surface area (Å²) in [6.07, 6.45) is 3.39. The van der Waals surface area contributed by atoms with E-state index in [9.17, 15) is 9.59 Å². The number of thioether (sulfide) groups is 1. The van der Waals surface area contributed by atoms with Gasteiger partial charge in [-0.05, 0) is 37.0 Å². The number of amides is 2. The number of benzene rings is 1. The molecule has 132 valence electrons. The average molecular weight is 351 g/mol. The quantitative estimate of drug-likeness (QED) is 0.726. The molecule has 3 N–H and O–H groups in total. The third-order valence-electron chi connectivity index (χ3n) is 3.89. The Hall–Kier alpha value is -1.73. The molecule has 1 aromatic rings. The van der Waals surface area contributed by atoms with Gasteiger partial charge in [-0.3, -0.25) is 9.59 Å². The third kappa shape index (κ3) is 5.72. The normalized spacial score (nSPS) is 18.2. The maximum Gasteiger partial charge on any atom is 0.258 e. The summed E-state index contributed by atoms with van der Waals surface area (Å²) in [4.78, 5) is 26.5. The highest BCUT2D eigenvalue weighted by molar-refractivity contribution is 7.98. The van der Waals surface area contributed by atoms with Gasteiger partial charge in [0.25, 0.3) is 5.91 Å². The van der Waals surface area contributed by atoms with Crippen LogP contribution in [0.5, 0.6) is 5.75 Å². The van der Waals surface area contributed by atoms with Crippen LogP contribution >= 0.6 is 11.8 Å². The van der Waals surface area contributed by atoms with Crippen LogP contribution < -0.4 is 15.8 Å². The monoisotopic (exact) mass is 351 g/mol. The van der Waals surface area contributed by atoms with Crippen LogP contribution in [-0.2, 0) is 9.59 Å². The van der Waals surface area contributed by atoms with Crippen LogP contribution in [0.15, 0.2) is 30.3 Å². The number of nitrogens with one attached hydrogen (secondary N) is 1. The van der Waals surface area contributed by atoms with Crippen LogP contribution in [0.2, 0.25) is 0 Å². The van der Waals surface area contributed by atoms with E-state index in [1.54, 1.807) is 28.8 Å². The Morgan fingerprint density at radius 3 is 2.79 bits per heavy atom. The molecule has 1 aliphatic heterocycles. The summed E-state index contributed by atoms with van der Waals surface area (Å²) in [7, 11) is 0. The number of hydrogen-bond donors (Lipinski definition) is 2. The summed E-state index contributed by atoms with van der Waals surface area (Å²) >= 11 is 1.65. The van der Waals surface area contributed by atoms with Gasteiger partial charge in [-0.25, -0.2) is 0 Å². The molecular weight excluding hydrogens is 326 g/mol. The van der Waals surface area contributed by atoms with Gasteiger partial charge in [0.1, 0.15) is 11.8 Å². The first kappa shape index (κ1) is 18.6. The number of rotatable bonds is 8. The first-order valence-corrected chi connectivity index (χ1v) is 9.50. The predicted octanol–water partition coefficient (Wildman–Crippen LogP) is 0.863. The minimum atomic E-state index is -0.519. The minimum absolute atomic E-state index is 0.0345. The maximum absolute atomic E-state index is 12.6. The van der Waals surface area contributed by atoms with Crippen molar-refractivity contribution < 1.29 is 14.3 Å². The fourth-order valence-corrected chi connectivity index (χ4v) is 3.07. The summed E-state index contributed by atoms with van der Waals surface area (Å²) in [6.45, 7) is 1.11. The molecule has 2 amide bonds. The maximum atomic E-state index is 12.6. The molecule has 24 heavy (non-hydrogen) atoms. The molecule has 1 heterocycles. The minimum Gasteiger partial charge on any atom is -0.484 e. The lowest BCUT2D eigenvalue weighted by molar-refractivity contribution is -0.136. The highest BCUT2D eigenvalue weighted by Gasteiger charge is 2.30. The molecule has 0 spiro atoms. The molecule has 6 nitrogen and oxygen atoms in total. The van der Waals surface area contributed by atoms with Gasteiger partial charge in [-0.2, -0.15) is 11.8 Å². The van der Waals surface area contributed by atoms with E-state index < -0.39 is 6.04 Å². The molecule has 0 aromatic heterocycles. The molecule has 1 saturated heterocycles. The van der Waals surface area contributed by atoms with Gasteiger partial charge in [0.2, 0.25) is 5.91 Å². The molecular formula is C17H25N3O3S. The molecule has 0 saturated carbocycles. The third-order valence-corrected chi connectivity index (χ3v) is 4.54. The van der Waals surface area contributed by atoms with Crippen LogP contribution in [0.1, 0.15) is 12.8 Å². The number of nitrogens with two attached hydrogens (primary N) is 1. The van der Waals surface area contributed by atoms with Crippen molar-refractivity contribution in [3.8, 4) is 5.75 Å². The van der Waals surface area contributed by atoms with Crippen molar-refractivity contribution in [1.29, 1.82) is 0 Å². The molecule has 0 aliphatic carbocycles. The molecule has 0 radical (unpaired) electrons. The zero-order chi connectivity index (χ0) is 17.4. The Labute approximate surface area is 147 Å². The Morgan fingerprint density at radius 2 is 2.17 bits per heavy atom. The number of carbonyl (C=O) groups excluding carboxylic acids is 2. The van der Waals surface area contributed by atoms with E-state index in [2.05, 4.69) is 5.32 Å². The van der Waals surface area contributed by atoms with E-state index >= 15 is 0 Å². The lowest BCUT2D eigenvalue weighted by Crippen LogP contribution is -2.49. The summed E-state index contributed by atoms with van der Waals surface area (Å²) in [5.41, 5.74) is 5.87. The standard InChI is InChI=1S/C17H25N3O3S/c1-24-10-8-15(17(22)20-9-7-13(18)11-20)19-16(21)12-23-14-5-3-2-4-6-14/h2-6,13,15H,7-12,18H2,1H3,(H,19,21)/t13-,15?/m1/s1. The van der Waals surface area contributed by atoms with E-state index in [-0.39, 0.29) is 24.5 Å². The van der Waals surface area contributed by atoms with Gasteiger partial charge in [-0.1, -0.05) is 18.2 Å². The number of likely N-dealkylation sites (tertiary alicyclic amines) is 1. The molecule has 7 heteroatoms. The number of ether oxygens (including phenoxy) is 1. The van der Waals surface area contributed by atoms with Gasteiger partial charge in [0.15, 0.2) is 6.61 Å². The molecule has 1 aliphatic rings. The smallest absolute Gasteiger partial charge is 0.258 e. The topological polar surface area (TPSA) is 84.7 Å². The van der Waals surface area contributed by atoms with E-state index in [1.807, 2.05) is 24.5 Å².